The molecule has 29 heavy (non-hydrogen) atoms. The summed E-state index contributed by atoms with van der Waals surface area (Å²) in [5.41, 5.74) is 1.42. The number of fused-ring (bicyclic) bond motifs is 1. The maximum Gasteiger partial charge on any atom is 0.279 e. The van der Waals surface area contributed by atoms with E-state index in [1.165, 1.54) is 11.3 Å². The Morgan fingerprint density at radius 2 is 1.97 bits per heavy atom. The summed E-state index contributed by atoms with van der Waals surface area (Å²) in [4.78, 5) is 17.9. The summed E-state index contributed by atoms with van der Waals surface area (Å²) in [5.74, 6) is 1.13. The number of para-hydroxylation sites is 1. The second-order valence-electron chi connectivity index (χ2n) is 6.48. The minimum absolute atomic E-state index is 0.303. The fourth-order valence-electron chi connectivity index (χ4n) is 2.94. The van der Waals surface area contributed by atoms with E-state index in [-0.39, 0.29) is 5.91 Å². The standard InChI is InChI=1S/C22H26N2O4S/c1-4-5-13-28-17-9-6-8-16(15-17)21(25)23-22-24(12-14-26-2)20-18(27-3)10-7-11-19(20)29-22/h6-11,15H,4-5,12-14H2,1-3H3. The molecule has 7 heteroatoms. The lowest BCUT2D eigenvalue weighted by Crippen LogP contribution is -2.19. The van der Waals surface area contributed by atoms with Gasteiger partial charge in [0.25, 0.3) is 5.91 Å². The first-order valence-electron chi connectivity index (χ1n) is 9.65. The van der Waals surface area contributed by atoms with Crippen LogP contribution in [0.5, 0.6) is 11.5 Å². The Kier molecular flexibility index (Phi) is 7.43. The second-order valence-corrected chi connectivity index (χ2v) is 7.49. The minimum atomic E-state index is -0.303. The van der Waals surface area contributed by atoms with Gasteiger partial charge in [0.05, 0.1) is 25.0 Å². The number of ether oxygens (including phenoxy) is 3. The molecule has 0 radical (unpaired) electrons. The molecule has 0 atom stereocenters. The van der Waals surface area contributed by atoms with E-state index >= 15 is 0 Å². The molecule has 0 N–H and O–H groups in total. The zero-order chi connectivity index (χ0) is 20.6. The largest absolute Gasteiger partial charge is 0.495 e. The van der Waals surface area contributed by atoms with Gasteiger partial charge in [-0.2, -0.15) is 4.99 Å². The number of hydrogen-bond acceptors (Lipinski definition) is 5. The van der Waals surface area contributed by atoms with Gasteiger partial charge in [-0.15, -0.1) is 0 Å². The monoisotopic (exact) mass is 414 g/mol. The van der Waals surface area contributed by atoms with Crippen LogP contribution < -0.4 is 14.3 Å². The number of thiazole rings is 1. The average Bonchev–Trinajstić information content (AvgIpc) is 3.09. The zero-order valence-corrected chi connectivity index (χ0v) is 17.8. The number of carbonyl (C=O) groups excluding carboxylic acids is 1. The second kappa shape index (κ2) is 10.2. The molecule has 0 fully saturated rings. The number of methoxy groups -OCH3 is 2. The molecule has 0 aliphatic heterocycles. The van der Waals surface area contributed by atoms with E-state index in [0.29, 0.717) is 35.9 Å². The van der Waals surface area contributed by atoms with Gasteiger partial charge in [-0.1, -0.05) is 36.8 Å². The molecule has 1 amide bonds. The summed E-state index contributed by atoms with van der Waals surface area (Å²) in [6.45, 7) is 3.83. The van der Waals surface area contributed by atoms with E-state index in [1.54, 1.807) is 26.4 Å². The predicted molar refractivity (Wildman–Crippen MR) is 115 cm³/mol. The molecule has 6 nitrogen and oxygen atoms in total. The summed E-state index contributed by atoms with van der Waals surface area (Å²) in [6, 6.07) is 13.0. The Balaban J connectivity index is 1.99. The number of aromatic nitrogens is 1. The van der Waals surface area contributed by atoms with Gasteiger partial charge in [-0.05, 0) is 36.8 Å². The summed E-state index contributed by atoms with van der Waals surface area (Å²) in [6.07, 6.45) is 2.04. The lowest BCUT2D eigenvalue weighted by atomic mass is 10.2. The molecule has 3 aromatic rings. The first-order chi connectivity index (χ1) is 14.2. The summed E-state index contributed by atoms with van der Waals surface area (Å²) in [7, 11) is 3.29. The molecule has 0 saturated carbocycles. The van der Waals surface area contributed by atoms with E-state index < -0.39 is 0 Å². The predicted octanol–water partition coefficient (Wildman–Crippen LogP) is 4.28. The number of rotatable bonds is 9. The molecule has 154 valence electrons. The van der Waals surface area contributed by atoms with Crippen molar-refractivity contribution in [2.75, 3.05) is 27.4 Å². The zero-order valence-electron chi connectivity index (χ0n) is 17.0. The summed E-state index contributed by atoms with van der Waals surface area (Å²) >= 11 is 1.46. The van der Waals surface area contributed by atoms with Gasteiger partial charge in [-0.25, -0.2) is 0 Å². The number of amides is 1. The maximum absolute atomic E-state index is 12.9. The van der Waals surface area contributed by atoms with Crippen LogP contribution in [0.25, 0.3) is 10.2 Å². The molecule has 1 heterocycles. The van der Waals surface area contributed by atoms with Crippen molar-refractivity contribution in [3.05, 3.63) is 52.8 Å². The van der Waals surface area contributed by atoms with E-state index in [0.717, 1.165) is 28.8 Å². The number of hydrogen-bond donors (Lipinski definition) is 0. The Hall–Kier alpha value is -2.64. The molecule has 0 saturated heterocycles. The lowest BCUT2D eigenvalue weighted by Gasteiger charge is -2.08. The maximum atomic E-state index is 12.9. The van der Waals surface area contributed by atoms with Crippen molar-refractivity contribution in [1.82, 2.24) is 4.57 Å². The normalized spacial score (nSPS) is 11.8. The molecule has 2 aromatic carbocycles. The first-order valence-corrected chi connectivity index (χ1v) is 10.5. The lowest BCUT2D eigenvalue weighted by molar-refractivity contribution is 0.0997. The van der Waals surface area contributed by atoms with Gasteiger partial charge in [0.2, 0.25) is 0 Å². The highest BCUT2D eigenvalue weighted by molar-refractivity contribution is 7.16. The van der Waals surface area contributed by atoms with Crippen molar-refractivity contribution in [3.63, 3.8) is 0 Å². The Morgan fingerprint density at radius 3 is 2.72 bits per heavy atom. The average molecular weight is 415 g/mol. The molecule has 0 bridgehead atoms. The number of unbranched alkanes of at least 4 members (excludes halogenated alkanes) is 1. The van der Waals surface area contributed by atoms with Crippen LogP contribution in [0.15, 0.2) is 47.5 Å². The number of nitrogens with zero attached hydrogens (tertiary/aromatic N) is 2. The molecule has 0 unspecified atom stereocenters. The van der Waals surface area contributed by atoms with Crippen molar-refractivity contribution in [1.29, 1.82) is 0 Å². The smallest absolute Gasteiger partial charge is 0.279 e. The quantitative estimate of drug-likeness (QED) is 0.491. The highest BCUT2D eigenvalue weighted by atomic mass is 32.1. The Labute approximate surface area is 174 Å². The van der Waals surface area contributed by atoms with E-state index in [9.17, 15) is 4.79 Å². The number of benzene rings is 2. The first kappa shape index (κ1) is 21.1. The van der Waals surface area contributed by atoms with Crippen molar-refractivity contribution in [2.24, 2.45) is 4.99 Å². The van der Waals surface area contributed by atoms with Crippen LogP contribution in [-0.2, 0) is 11.3 Å². The SMILES string of the molecule is CCCCOc1cccc(C(=O)N=c2sc3cccc(OC)c3n2CCOC)c1. The van der Waals surface area contributed by atoms with Crippen LogP contribution in [0.2, 0.25) is 0 Å². The fraction of sp³-hybridized carbons (Fsp3) is 0.364. The Bertz CT molecular complexity index is 1040. The summed E-state index contributed by atoms with van der Waals surface area (Å²) < 4.78 is 19.5. The van der Waals surface area contributed by atoms with Gasteiger partial charge in [0.1, 0.15) is 17.0 Å². The van der Waals surface area contributed by atoms with E-state index in [1.807, 2.05) is 34.9 Å². The van der Waals surface area contributed by atoms with Crippen LogP contribution in [0.3, 0.4) is 0 Å². The van der Waals surface area contributed by atoms with Crippen LogP contribution in [0, 0.1) is 0 Å². The third-order valence-corrected chi connectivity index (χ3v) is 5.49. The molecule has 1 aromatic heterocycles. The fourth-order valence-corrected chi connectivity index (χ4v) is 4.01. The third kappa shape index (κ3) is 5.05. The molecule has 0 aliphatic carbocycles. The van der Waals surface area contributed by atoms with Crippen LogP contribution >= 0.6 is 11.3 Å². The number of carbonyl (C=O) groups is 1. The van der Waals surface area contributed by atoms with Crippen LogP contribution in [0.4, 0.5) is 0 Å². The van der Waals surface area contributed by atoms with Crippen LogP contribution in [0.1, 0.15) is 30.1 Å². The van der Waals surface area contributed by atoms with Gasteiger partial charge in [-0.3, -0.25) is 4.79 Å². The molecule has 3 rings (SSSR count). The van der Waals surface area contributed by atoms with Gasteiger partial charge < -0.3 is 18.8 Å². The van der Waals surface area contributed by atoms with Gasteiger partial charge in [0.15, 0.2) is 4.80 Å². The topological polar surface area (TPSA) is 62.0 Å². The minimum Gasteiger partial charge on any atom is -0.495 e. The van der Waals surface area contributed by atoms with E-state index in [2.05, 4.69) is 11.9 Å². The van der Waals surface area contributed by atoms with E-state index in [4.69, 9.17) is 14.2 Å². The van der Waals surface area contributed by atoms with Crippen molar-refractivity contribution in [2.45, 2.75) is 26.3 Å². The molecular formula is C22H26N2O4S. The molecule has 0 aliphatic rings. The summed E-state index contributed by atoms with van der Waals surface area (Å²) in [5, 5.41) is 0. The highest BCUT2D eigenvalue weighted by Gasteiger charge is 2.13. The highest BCUT2D eigenvalue weighted by Crippen LogP contribution is 2.27. The van der Waals surface area contributed by atoms with Gasteiger partial charge >= 0.3 is 0 Å². The molecule has 0 spiro atoms. The van der Waals surface area contributed by atoms with Crippen LogP contribution in [-0.4, -0.2) is 37.9 Å². The van der Waals surface area contributed by atoms with Crippen molar-refractivity contribution >= 4 is 27.5 Å². The van der Waals surface area contributed by atoms with Gasteiger partial charge in [0, 0.05) is 19.2 Å². The molecular weight excluding hydrogens is 388 g/mol. The Morgan fingerprint density at radius 1 is 1.14 bits per heavy atom. The third-order valence-electron chi connectivity index (χ3n) is 4.45. The van der Waals surface area contributed by atoms with Crippen molar-refractivity contribution in [3.8, 4) is 11.5 Å². The van der Waals surface area contributed by atoms with Crippen molar-refractivity contribution < 1.29 is 19.0 Å².